The molecule has 0 aliphatic rings. The number of rotatable bonds is 7. The van der Waals surface area contributed by atoms with Gasteiger partial charge in [0.1, 0.15) is 5.60 Å². The van der Waals surface area contributed by atoms with Gasteiger partial charge in [0, 0.05) is 12.6 Å². The third-order valence-corrected chi connectivity index (χ3v) is 2.72. The van der Waals surface area contributed by atoms with E-state index < -0.39 is 5.60 Å². The quantitative estimate of drug-likeness (QED) is 0.738. The minimum absolute atomic E-state index is 0.126. The number of alkyl carbamates (subject to hydrolysis) is 1. The van der Waals surface area contributed by atoms with Crippen LogP contribution in [-0.2, 0) is 4.74 Å². The predicted octanol–water partition coefficient (Wildman–Crippen LogP) is 3.09. The molecule has 0 aromatic carbocycles. The number of ether oxygens (including phenoxy) is 1. The molecule has 0 bridgehead atoms. The van der Waals surface area contributed by atoms with Crippen molar-refractivity contribution in [2.75, 3.05) is 6.61 Å². The maximum Gasteiger partial charge on any atom is 0.407 e. The van der Waals surface area contributed by atoms with E-state index >= 15 is 0 Å². The number of hydrogen-bond donors (Lipinski definition) is 2. The number of carbonyl (C=O) groups is 1. The van der Waals surface area contributed by atoms with E-state index in [1.165, 1.54) is 0 Å². The van der Waals surface area contributed by atoms with Crippen LogP contribution in [0.5, 0.6) is 0 Å². The van der Waals surface area contributed by atoms with Crippen LogP contribution in [0, 0.1) is 5.92 Å². The largest absolute Gasteiger partial charge is 0.444 e. The first-order valence-electron chi connectivity index (χ1n) is 6.85. The highest BCUT2D eigenvalue weighted by atomic mass is 16.6. The minimum Gasteiger partial charge on any atom is -0.444 e. The molecule has 2 unspecified atom stereocenters. The van der Waals surface area contributed by atoms with E-state index in [0.29, 0.717) is 5.92 Å². The van der Waals surface area contributed by atoms with Crippen molar-refractivity contribution < 1.29 is 14.6 Å². The maximum absolute atomic E-state index is 11.5. The third kappa shape index (κ3) is 10.4. The molecule has 0 aliphatic heterocycles. The van der Waals surface area contributed by atoms with Crippen molar-refractivity contribution in [1.29, 1.82) is 0 Å². The van der Waals surface area contributed by atoms with Gasteiger partial charge in [0.2, 0.25) is 0 Å². The zero-order chi connectivity index (χ0) is 14.2. The number of aliphatic hydroxyl groups is 1. The highest BCUT2D eigenvalue weighted by Gasteiger charge is 2.17. The van der Waals surface area contributed by atoms with Gasteiger partial charge >= 0.3 is 6.09 Å². The van der Waals surface area contributed by atoms with Gasteiger partial charge in [-0.2, -0.15) is 0 Å². The lowest BCUT2D eigenvalue weighted by molar-refractivity contribution is 0.0505. The molecule has 108 valence electrons. The van der Waals surface area contributed by atoms with Crippen molar-refractivity contribution in [2.24, 2.45) is 5.92 Å². The van der Waals surface area contributed by atoms with Gasteiger partial charge < -0.3 is 15.2 Å². The number of nitrogens with one attached hydrogen (secondary N) is 1. The first-order valence-corrected chi connectivity index (χ1v) is 6.85. The second-order valence-electron chi connectivity index (χ2n) is 6.10. The van der Waals surface area contributed by atoms with Gasteiger partial charge in [0.25, 0.3) is 0 Å². The number of hydrogen-bond acceptors (Lipinski definition) is 3. The Hall–Kier alpha value is -0.770. The van der Waals surface area contributed by atoms with Crippen molar-refractivity contribution in [3.05, 3.63) is 0 Å². The van der Waals surface area contributed by atoms with E-state index in [4.69, 9.17) is 9.84 Å². The summed E-state index contributed by atoms with van der Waals surface area (Å²) in [5.74, 6) is 0.545. The summed E-state index contributed by atoms with van der Waals surface area (Å²) in [5.41, 5.74) is -0.445. The first kappa shape index (κ1) is 17.2. The van der Waals surface area contributed by atoms with E-state index in [0.717, 1.165) is 25.7 Å². The van der Waals surface area contributed by atoms with E-state index in [1.54, 1.807) is 0 Å². The van der Waals surface area contributed by atoms with Gasteiger partial charge in [0.05, 0.1) is 0 Å². The van der Waals surface area contributed by atoms with Crippen molar-refractivity contribution in [1.82, 2.24) is 5.32 Å². The molecule has 2 N–H and O–H groups in total. The van der Waals surface area contributed by atoms with Crippen LogP contribution in [0.3, 0.4) is 0 Å². The molecule has 0 spiro atoms. The molecule has 0 saturated heterocycles. The molecule has 4 heteroatoms. The van der Waals surface area contributed by atoms with Gasteiger partial charge in [-0.05, 0) is 46.5 Å². The molecule has 0 saturated carbocycles. The fraction of sp³-hybridized carbons (Fsp3) is 0.929. The minimum atomic E-state index is -0.445. The SMILES string of the molecule is CC(CCO)CCCC(C)NC(=O)OC(C)(C)C. The summed E-state index contributed by atoms with van der Waals surface area (Å²) in [7, 11) is 0. The Bertz CT molecular complexity index is 236. The average molecular weight is 259 g/mol. The Morgan fingerprint density at radius 1 is 1.22 bits per heavy atom. The molecule has 0 rings (SSSR count). The summed E-state index contributed by atoms with van der Waals surface area (Å²) >= 11 is 0. The van der Waals surface area contributed by atoms with Crippen LogP contribution >= 0.6 is 0 Å². The molecule has 0 aliphatic carbocycles. The Morgan fingerprint density at radius 2 is 1.83 bits per heavy atom. The summed E-state index contributed by atoms with van der Waals surface area (Å²) in [5, 5.41) is 11.6. The lowest BCUT2D eigenvalue weighted by atomic mass is 9.99. The zero-order valence-corrected chi connectivity index (χ0v) is 12.5. The predicted molar refractivity (Wildman–Crippen MR) is 73.5 cm³/mol. The highest BCUT2D eigenvalue weighted by Crippen LogP contribution is 2.13. The van der Waals surface area contributed by atoms with Crippen molar-refractivity contribution in [3.63, 3.8) is 0 Å². The zero-order valence-electron chi connectivity index (χ0n) is 12.5. The van der Waals surface area contributed by atoms with Gasteiger partial charge in [-0.15, -0.1) is 0 Å². The second-order valence-corrected chi connectivity index (χ2v) is 6.10. The summed E-state index contributed by atoms with van der Waals surface area (Å²) in [6.45, 7) is 9.95. The van der Waals surface area contributed by atoms with Crippen LogP contribution in [0.15, 0.2) is 0 Å². The average Bonchev–Trinajstić information content (AvgIpc) is 2.14. The molecular formula is C14H29NO3. The molecule has 1 amide bonds. The van der Waals surface area contributed by atoms with E-state index in [1.807, 2.05) is 27.7 Å². The fourth-order valence-corrected chi connectivity index (χ4v) is 1.72. The normalized spacial score (nSPS) is 15.0. The lowest BCUT2D eigenvalue weighted by Gasteiger charge is -2.22. The van der Waals surface area contributed by atoms with Crippen LogP contribution in [0.25, 0.3) is 0 Å². The molecule has 0 aromatic heterocycles. The van der Waals surface area contributed by atoms with Crippen molar-refractivity contribution in [3.8, 4) is 0 Å². The summed E-state index contributed by atoms with van der Waals surface area (Å²) in [6, 6.07) is 0.126. The topological polar surface area (TPSA) is 58.6 Å². The standard InChI is InChI=1S/C14H29NO3/c1-11(9-10-16)7-6-8-12(2)15-13(17)18-14(3,4)5/h11-12,16H,6-10H2,1-5H3,(H,15,17). The molecule has 18 heavy (non-hydrogen) atoms. The number of amides is 1. The number of aliphatic hydroxyl groups excluding tert-OH is 1. The summed E-state index contributed by atoms with van der Waals surface area (Å²) < 4.78 is 5.19. The van der Waals surface area contributed by atoms with Crippen LogP contribution in [0.2, 0.25) is 0 Å². The molecule has 0 heterocycles. The van der Waals surface area contributed by atoms with E-state index in [2.05, 4.69) is 12.2 Å². The van der Waals surface area contributed by atoms with Gasteiger partial charge in [0.15, 0.2) is 0 Å². The maximum atomic E-state index is 11.5. The number of carbonyl (C=O) groups excluding carboxylic acids is 1. The van der Waals surface area contributed by atoms with Crippen LogP contribution in [0.4, 0.5) is 4.79 Å². The Kier molecular flexibility index (Phi) is 8.00. The molecule has 0 radical (unpaired) electrons. The lowest BCUT2D eigenvalue weighted by Crippen LogP contribution is -2.37. The van der Waals surface area contributed by atoms with E-state index in [-0.39, 0.29) is 18.7 Å². The Labute approximate surface area is 111 Å². The monoisotopic (exact) mass is 259 g/mol. The highest BCUT2D eigenvalue weighted by molar-refractivity contribution is 5.67. The van der Waals surface area contributed by atoms with Gasteiger partial charge in [-0.3, -0.25) is 0 Å². The molecular weight excluding hydrogens is 230 g/mol. The van der Waals surface area contributed by atoms with Gasteiger partial charge in [-0.1, -0.05) is 19.8 Å². The smallest absolute Gasteiger partial charge is 0.407 e. The van der Waals surface area contributed by atoms with Crippen LogP contribution in [-0.4, -0.2) is 29.4 Å². The van der Waals surface area contributed by atoms with E-state index in [9.17, 15) is 4.79 Å². The second kappa shape index (κ2) is 8.35. The third-order valence-electron chi connectivity index (χ3n) is 2.72. The van der Waals surface area contributed by atoms with Crippen molar-refractivity contribution >= 4 is 6.09 Å². The fourth-order valence-electron chi connectivity index (χ4n) is 1.72. The Balaban J connectivity index is 3.71. The Morgan fingerprint density at radius 3 is 2.33 bits per heavy atom. The molecule has 2 atom stereocenters. The first-order chi connectivity index (χ1) is 8.24. The summed E-state index contributed by atoms with van der Waals surface area (Å²) in [6.07, 6.45) is 3.58. The van der Waals surface area contributed by atoms with Crippen LogP contribution in [0.1, 0.15) is 60.3 Å². The van der Waals surface area contributed by atoms with Crippen LogP contribution < -0.4 is 5.32 Å². The molecule has 0 aromatic rings. The van der Waals surface area contributed by atoms with Gasteiger partial charge in [-0.25, -0.2) is 4.79 Å². The summed E-state index contributed by atoms with van der Waals surface area (Å²) in [4.78, 5) is 11.5. The molecule has 0 fully saturated rings. The molecule has 4 nitrogen and oxygen atoms in total. The van der Waals surface area contributed by atoms with Crippen molar-refractivity contribution in [2.45, 2.75) is 71.9 Å².